The van der Waals surface area contributed by atoms with Crippen LogP contribution in [-0.4, -0.2) is 12.5 Å². The third-order valence-electron chi connectivity index (χ3n) is 4.14. The van der Waals surface area contributed by atoms with Crippen molar-refractivity contribution in [2.45, 2.75) is 13.3 Å². The van der Waals surface area contributed by atoms with Crippen LogP contribution in [0.25, 0.3) is 0 Å². The van der Waals surface area contributed by atoms with E-state index in [9.17, 15) is 4.79 Å². The van der Waals surface area contributed by atoms with E-state index in [1.807, 2.05) is 47.4 Å². The number of rotatable bonds is 1. The van der Waals surface area contributed by atoms with Gasteiger partial charge in [0.05, 0.1) is 5.41 Å². The summed E-state index contributed by atoms with van der Waals surface area (Å²) < 4.78 is 0. The van der Waals surface area contributed by atoms with E-state index in [2.05, 4.69) is 19.1 Å². The molecule has 0 unspecified atom stereocenters. The van der Waals surface area contributed by atoms with Gasteiger partial charge in [-0.15, -0.1) is 0 Å². The van der Waals surface area contributed by atoms with E-state index in [1.54, 1.807) is 0 Å². The van der Waals surface area contributed by atoms with Gasteiger partial charge in [-0.1, -0.05) is 49.4 Å². The summed E-state index contributed by atoms with van der Waals surface area (Å²) in [6.45, 7) is 2.98. The Labute approximate surface area is 108 Å². The number of nitrogens with zero attached hydrogens (tertiary/aromatic N) is 1. The third-order valence-corrected chi connectivity index (χ3v) is 4.14. The number of hydrogen-bond acceptors (Lipinski definition) is 1. The highest BCUT2D eigenvalue weighted by atomic mass is 16.2. The molecule has 1 heterocycles. The average Bonchev–Trinajstić information content (AvgIpc) is 2.66. The molecule has 1 aromatic carbocycles. The molecule has 1 fully saturated rings. The second-order valence-corrected chi connectivity index (χ2v) is 5.18. The van der Waals surface area contributed by atoms with Gasteiger partial charge in [0.1, 0.15) is 0 Å². The molecule has 1 aromatic rings. The van der Waals surface area contributed by atoms with Crippen molar-refractivity contribution in [3.63, 3.8) is 0 Å². The number of amides is 1. The van der Waals surface area contributed by atoms with Crippen LogP contribution in [-0.2, 0) is 4.79 Å². The first-order valence-corrected chi connectivity index (χ1v) is 6.45. The Balaban J connectivity index is 1.96. The van der Waals surface area contributed by atoms with Gasteiger partial charge in [0.25, 0.3) is 0 Å². The van der Waals surface area contributed by atoms with Crippen LogP contribution in [0.1, 0.15) is 13.3 Å². The molecule has 2 nitrogen and oxygen atoms in total. The lowest BCUT2D eigenvalue weighted by molar-refractivity contribution is -0.124. The normalized spacial score (nSPS) is 30.4. The molecule has 3 rings (SSSR count). The number of allylic oxidation sites excluding steroid dienone is 3. The number of benzene rings is 1. The molecule has 1 amide bonds. The lowest BCUT2D eigenvalue weighted by atomic mass is 9.74. The highest BCUT2D eigenvalue weighted by Gasteiger charge is 2.50. The van der Waals surface area contributed by atoms with Gasteiger partial charge in [0.15, 0.2) is 0 Å². The molecule has 2 heteroatoms. The third kappa shape index (κ3) is 1.52. The molecule has 18 heavy (non-hydrogen) atoms. The minimum absolute atomic E-state index is 0.238. The zero-order valence-electron chi connectivity index (χ0n) is 10.5. The van der Waals surface area contributed by atoms with Gasteiger partial charge in [0.2, 0.25) is 5.91 Å². The van der Waals surface area contributed by atoms with Gasteiger partial charge >= 0.3 is 0 Å². The molecule has 0 saturated carbocycles. The fourth-order valence-corrected chi connectivity index (χ4v) is 2.97. The Morgan fingerprint density at radius 2 is 2.00 bits per heavy atom. The summed E-state index contributed by atoms with van der Waals surface area (Å²) >= 11 is 0. The molecule has 1 aliphatic heterocycles. The van der Waals surface area contributed by atoms with Gasteiger partial charge in [-0.3, -0.25) is 4.79 Å². The van der Waals surface area contributed by atoms with Gasteiger partial charge in [0, 0.05) is 12.2 Å². The maximum Gasteiger partial charge on any atom is 0.237 e. The van der Waals surface area contributed by atoms with Crippen molar-refractivity contribution in [2.24, 2.45) is 11.3 Å². The average molecular weight is 239 g/mol. The van der Waals surface area contributed by atoms with Crippen LogP contribution in [0.2, 0.25) is 0 Å². The smallest absolute Gasteiger partial charge is 0.237 e. The summed E-state index contributed by atoms with van der Waals surface area (Å²) in [5, 5.41) is 0. The van der Waals surface area contributed by atoms with Crippen LogP contribution in [0.3, 0.4) is 0 Å². The molecule has 0 N–H and O–H groups in total. The number of anilines is 1. The van der Waals surface area contributed by atoms with E-state index in [-0.39, 0.29) is 11.3 Å². The SMILES string of the molecule is C[C@@H]1CN(c2ccccc2)C(=O)[C@]12C=CC=CC2. The van der Waals surface area contributed by atoms with Crippen LogP contribution in [0.4, 0.5) is 5.69 Å². The van der Waals surface area contributed by atoms with E-state index < -0.39 is 0 Å². The second-order valence-electron chi connectivity index (χ2n) is 5.18. The van der Waals surface area contributed by atoms with Crippen molar-refractivity contribution in [1.82, 2.24) is 0 Å². The largest absolute Gasteiger partial charge is 0.311 e. The molecular formula is C16H17NO. The summed E-state index contributed by atoms with van der Waals surface area (Å²) in [5.41, 5.74) is 0.694. The number of carbonyl (C=O) groups excluding carboxylic acids is 1. The quantitative estimate of drug-likeness (QED) is 0.737. The summed E-state index contributed by atoms with van der Waals surface area (Å²) in [6.07, 6.45) is 9.04. The van der Waals surface area contributed by atoms with E-state index in [1.165, 1.54) is 0 Å². The lowest BCUT2D eigenvalue weighted by Crippen LogP contribution is -2.35. The Morgan fingerprint density at radius 3 is 2.67 bits per heavy atom. The van der Waals surface area contributed by atoms with Gasteiger partial charge in [-0.2, -0.15) is 0 Å². The lowest BCUT2D eigenvalue weighted by Gasteiger charge is -2.28. The molecule has 1 saturated heterocycles. The Morgan fingerprint density at radius 1 is 1.22 bits per heavy atom. The van der Waals surface area contributed by atoms with Gasteiger partial charge < -0.3 is 4.90 Å². The first-order chi connectivity index (χ1) is 8.74. The first-order valence-electron chi connectivity index (χ1n) is 6.45. The highest BCUT2D eigenvalue weighted by molar-refractivity contribution is 6.01. The predicted molar refractivity (Wildman–Crippen MR) is 73.3 cm³/mol. The Kier molecular flexibility index (Phi) is 2.58. The molecule has 0 bridgehead atoms. The Hall–Kier alpha value is -1.83. The number of carbonyl (C=O) groups is 1. The molecule has 1 spiro atoms. The minimum atomic E-state index is -0.315. The molecule has 2 atom stereocenters. The molecule has 1 aliphatic carbocycles. The summed E-state index contributed by atoms with van der Waals surface area (Å²) in [7, 11) is 0. The van der Waals surface area contributed by atoms with Crippen molar-refractivity contribution >= 4 is 11.6 Å². The minimum Gasteiger partial charge on any atom is -0.311 e. The van der Waals surface area contributed by atoms with Crippen molar-refractivity contribution in [3.8, 4) is 0 Å². The molecule has 0 radical (unpaired) electrons. The molecule has 2 aliphatic rings. The van der Waals surface area contributed by atoms with E-state index in [4.69, 9.17) is 0 Å². The topological polar surface area (TPSA) is 20.3 Å². The van der Waals surface area contributed by atoms with Crippen LogP contribution in [0.5, 0.6) is 0 Å². The van der Waals surface area contributed by atoms with E-state index in [0.717, 1.165) is 18.7 Å². The molecule has 0 aromatic heterocycles. The molecular weight excluding hydrogens is 222 g/mol. The second kappa shape index (κ2) is 4.13. The van der Waals surface area contributed by atoms with Crippen molar-refractivity contribution < 1.29 is 4.79 Å². The van der Waals surface area contributed by atoms with Crippen molar-refractivity contribution in [3.05, 3.63) is 54.6 Å². The number of hydrogen-bond donors (Lipinski definition) is 0. The zero-order valence-corrected chi connectivity index (χ0v) is 10.5. The van der Waals surface area contributed by atoms with Crippen LogP contribution >= 0.6 is 0 Å². The fraction of sp³-hybridized carbons (Fsp3) is 0.312. The summed E-state index contributed by atoms with van der Waals surface area (Å²) in [5.74, 6) is 0.591. The van der Waals surface area contributed by atoms with E-state index >= 15 is 0 Å². The van der Waals surface area contributed by atoms with Crippen LogP contribution in [0, 0.1) is 11.3 Å². The standard InChI is InChI=1S/C16H17NO/c1-13-12-17(14-8-4-2-5-9-14)15(18)16(13)10-6-3-7-11-16/h2-10,13H,11-12H2,1H3/t13-,16+/m1/s1. The van der Waals surface area contributed by atoms with Crippen molar-refractivity contribution in [1.29, 1.82) is 0 Å². The van der Waals surface area contributed by atoms with E-state index in [0.29, 0.717) is 5.92 Å². The van der Waals surface area contributed by atoms with Crippen LogP contribution in [0.15, 0.2) is 54.6 Å². The summed E-state index contributed by atoms with van der Waals surface area (Å²) in [4.78, 5) is 14.7. The predicted octanol–water partition coefficient (Wildman–Crippen LogP) is 3.17. The highest BCUT2D eigenvalue weighted by Crippen LogP contribution is 2.44. The summed E-state index contributed by atoms with van der Waals surface area (Å²) in [6, 6.07) is 9.95. The van der Waals surface area contributed by atoms with Crippen molar-refractivity contribution in [2.75, 3.05) is 11.4 Å². The zero-order chi connectivity index (χ0) is 12.6. The Bertz CT molecular complexity index is 517. The number of para-hydroxylation sites is 1. The van der Waals surface area contributed by atoms with Crippen LogP contribution < -0.4 is 4.90 Å². The molecule has 92 valence electrons. The maximum atomic E-state index is 12.7. The monoisotopic (exact) mass is 239 g/mol. The fourth-order valence-electron chi connectivity index (χ4n) is 2.97. The van der Waals surface area contributed by atoms with Gasteiger partial charge in [-0.05, 0) is 24.5 Å². The van der Waals surface area contributed by atoms with Gasteiger partial charge in [-0.25, -0.2) is 0 Å². The maximum absolute atomic E-state index is 12.7. The first kappa shape index (κ1) is 11.3.